The van der Waals surface area contributed by atoms with E-state index in [0.29, 0.717) is 12.8 Å². The Bertz CT molecular complexity index is 1050. The maximum atomic E-state index is 12.2. The molecule has 0 amide bonds. The van der Waals surface area contributed by atoms with E-state index in [1.807, 2.05) is 24.3 Å². The molecule has 0 radical (unpaired) electrons. The first-order valence-corrected chi connectivity index (χ1v) is 13.5. The van der Waals surface area contributed by atoms with Gasteiger partial charge in [0.25, 0.3) is 0 Å². The first kappa shape index (κ1) is 25.5. The van der Waals surface area contributed by atoms with Gasteiger partial charge in [-0.15, -0.1) is 0 Å². The molecule has 0 aromatic heterocycles. The SMILES string of the molecule is CC(C)(C)OC(=O)CC(=O)CC/C=C/C=P(c1ccccc1)(c1ccccc1)c1ccccc1. The molecule has 176 valence electrons. The summed E-state index contributed by atoms with van der Waals surface area (Å²) in [6.07, 6.45) is 4.83. The first-order valence-electron chi connectivity index (χ1n) is 11.6. The van der Waals surface area contributed by atoms with Crippen LogP contribution in [0.3, 0.4) is 0 Å². The van der Waals surface area contributed by atoms with Crippen LogP contribution in [-0.4, -0.2) is 23.2 Å². The van der Waals surface area contributed by atoms with Gasteiger partial charge in [-0.3, -0.25) is 9.59 Å². The minimum Gasteiger partial charge on any atom is -0.460 e. The van der Waals surface area contributed by atoms with E-state index in [2.05, 4.69) is 84.7 Å². The van der Waals surface area contributed by atoms with Crippen molar-refractivity contribution >= 4 is 40.3 Å². The summed E-state index contributed by atoms with van der Waals surface area (Å²) in [6, 6.07) is 31.8. The summed E-state index contributed by atoms with van der Waals surface area (Å²) in [5.41, 5.74) is -0.578. The second-order valence-electron chi connectivity index (χ2n) is 9.15. The quantitative estimate of drug-likeness (QED) is 0.237. The summed E-state index contributed by atoms with van der Waals surface area (Å²) in [4.78, 5) is 24.1. The highest BCUT2D eigenvalue weighted by Gasteiger charge is 2.24. The zero-order valence-electron chi connectivity index (χ0n) is 20.2. The number of allylic oxidation sites excluding steroid dienone is 2. The third-order valence-corrected chi connectivity index (χ3v) is 9.24. The van der Waals surface area contributed by atoms with Crippen molar-refractivity contribution in [1.82, 2.24) is 0 Å². The van der Waals surface area contributed by atoms with Gasteiger partial charge in [0, 0.05) is 6.42 Å². The van der Waals surface area contributed by atoms with Gasteiger partial charge in [0.2, 0.25) is 0 Å². The fourth-order valence-electron chi connectivity index (χ4n) is 3.85. The van der Waals surface area contributed by atoms with Gasteiger partial charge in [0.1, 0.15) is 17.8 Å². The number of carbonyl (C=O) groups is 2. The lowest BCUT2D eigenvalue weighted by atomic mass is 10.1. The smallest absolute Gasteiger partial charge is 0.313 e. The predicted octanol–water partition coefficient (Wildman–Crippen LogP) is 5.42. The molecule has 0 saturated carbocycles. The molecule has 3 nitrogen and oxygen atoms in total. The molecule has 0 N–H and O–H groups in total. The van der Waals surface area contributed by atoms with Crippen LogP contribution < -0.4 is 15.9 Å². The Kier molecular flexibility index (Phi) is 8.85. The van der Waals surface area contributed by atoms with Gasteiger partial charge in [-0.05, 0) is 50.0 Å². The zero-order valence-corrected chi connectivity index (χ0v) is 21.1. The molecule has 0 unspecified atom stereocenters. The van der Waals surface area contributed by atoms with E-state index in [9.17, 15) is 9.59 Å². The lowest BCUT2D eigenvalue weighted by Gasteiger charge is -2.28. The van der Waals surface area contributed by atoms with Crippen LogP contribution in [0.2, 0.25) is 0 Å². The first-order chi connectivity index (χ1) is 16.3. The standard InChI is InChI=1S/C30H33O3P/c1-30(2,3)33-29(32)24-25(31)16-8-7-15-23-34(26-17-9-4-10-18-26,27-19-11-5-12-20-27)28-21-13-6-14-22-28/h4-7,9-15,17-23H,8,16,24H2,1-3H3/b15-7+. The monoisotopic (exact) mass is 472 g/mol. The van der Waals surface area contributed by atoms with Crippen LogP contribution in [-0.2, 0) is 14.3 Å². The Morgan fingerprint density at radius 1 is 0.765 bits per heavy atom. The highest BCUT2D eigenvalue weighted by Crippen LogP contribution is 2.43. The van der Waals surface area contributed by atoms with Crippen molar-refractivity contribution in [2.24, 2.45) is 0 Å². The van der Waals surface area contributed by atoms with Crippen LogP contribution >= 0.6 is 6.89 Å². The minimum absolute atomic E-state index is 0.103. The molecule has 0 atom stereocenters. The molecule has 0 bridgehead atoms. The molecule has 0 saturated heterocycles. The number of ether oxygens (including phenoxy) is 1. The lowest BCUT2D eigenvalue weighted by molar-refractivity contribution is -0.156. The summed E-state index contributed by atoms with van der Waals surface area (Å²) in [6.45, 7) is 3.37. The van der Waals surface area contributed by atoms with Crippen LogP contribution in [0.1, 0.15) is 40.0 Å². The molecular formula is C30H33O3P. The summed E-state index contributed by atoms with van der Waals surface area (Å²) < 4.78 is 5.25. The van der Waals surface area contributed by atoms with E-state index < -0.39 is 18.5 Å². The summed E-state index contributed by atoms with van der Waals surface area (Å²) in [5, 5.41) is 3.83. The molecule has 0 heterocycles. The van der Waals surface area contributed by atoms with Gasteiger partial charge in [-0.1, -0.05) is 109 Å². The second-order valence-corrected chi connectivity index (χ2v) is 12.4. The van der Waals surface area contributed by atoms with Gasteiger partial charge >= 0.3 is 5.97 Å². The number of ketones is 1. The summed E-state index contributed by atoms with van der Waals surface area (Å²) in [5.74, 6) is 1.75. The lowest BCUT2D eigenvalue weighted by Crippen LogP contribution is -2.26. The van der Waals surface area contributed by atoms with Gasteiger partial charge in [0.05, 0.1) is 0 Å². The Hall–Kier alpha value is -3.16. The van der Waals surface area contributed by atoms with E-state index in [4.69, 9.17) is 4.74 Å². The number of hydrogen-bond acceptors (Lipinski definition) is 3. The molecular weight excluding hydrogens is 439 g/mol. The number of hydrogen-bond donors (Lipinski definition) is 0. The topological polar surface area (TPSA) is 43.4 Å². The Labute approximate surface area is 203 Å². The molecule has 3 aromatic carbocycles. The molecule has 0 spiro atoms. The average Bonchev–Trinajstić information content (AvgIpc) is 2.82. The van der Waals surface area contributed by atoms with Crippen LogP contribution in [0.4, 0.5) is 0 Å². The van der Waals surface area contributed by atoms with Crippen molar-refractivity contribution in [2.45, 2.75) is 45.6 Å². The van der Waals surface area contributed by atoms with Crippen LogP contribution in [0, 0.1) is 0 Å². The van der Waals surface area contributed by atoms with Gasteiger partial charge in [0.15, 0.2) is 0 Å². The van der Waals surface area contributed by atoms with Gasteiger partial charge < -0.3 is 4.74 Å². The van der Waals surface area contributed by atoms with Crippen LogP contribution in [0.15, 0.2) is 103 Å². The zero-order chi connectivity index (χ0) is 24.4. The molecule has 3 aromatic rings. The highest BCUT2D eigenvalue weighted by atomic mass is 31.2. The minimum atomic E-state index is -2.03. The predicted molar refractivity (Wildman–Crippen MR) is 145 cm³/mol. The Morgan fingerprint density at radius 2 is 1.21 bits per heavy atom. The molecule has 0 aliphatic rings. The van der Waals surface area contributed by atoms with Crippen LogP contribution in [0.25, 0.3) is 0 Å². The van der Waals surface area contributed by atoms with Crippen molar-refractivity contribution in [3.05, 3.63) is 103 Å². The van der Waals surface area contributed by atoms with Crippen molar-refractivity contribution in [3.63, 3.8) is 0 Å². The van der Waals surface area contributed by atoms with Crippen molar-refractivity contribution < 1.29 is 14.3 Å². The van der Waals surface area contributed by atoms with Crippen LogP contribution in [0.5, 0.6) is 0 Å². The molecule has 3 rings (SSSR count). The molecule has 4 heteroatoms. The Morgan fingerprint density at radius 3 is 1.62 bits per heavy atom. The third-order valence-electron chi connectivity index (χ3n) is 5.29. The van der Waals surface area contributed by atoms with E-state index in [-0.39, 0.29) is 12.2 Å². The van der Waals surface area contributed by atoms with Crippen molar-refractivity contribution in [1.29, 1.82) is 0 Å². The molecule has 0 aliphatic heterocycles. The fourth-order valence-corrected chi connectivity index (χ4v) is 7.57. The number of Topliss-reactive ketones (excluding diaryl/α,β-unsaturated/α-hetero) is 1. The highest BCUT2D eigenvalue weighted by molar-refractivity contribution is 7.94. The normalized spacial score (nSPS) is 11.9. The van der Waals surface area contributed by atoms with Crippen molar-refractivity contribution in [3.8, 4) is 0 Å². The largest absolute Gasteiger partial charge is 0.460 e. The van der Waals surface area contributed by atoms with E-state index in [1.54, 1.807) is 20.8 Å². The van der Waals surface area contributed by atoms with Gasteiger partial charge in [-0.25, -0.2) is 0 Å². The maximum absolute atomic E-state index is 12.2. The van der Waals surface area contributed by atoms with E-state index in [1.165, 1.54) is 15.9 Å². The number of carbonyl (C=O) groups excluding carboxylic acids is 2. The second kappa shape index (κ2) is 11.8. The average molecular weight is 473 g/mol. The molecule has 0 aliphatic carbocycles. The summed E-state index contributed by atoms with van der Waals surface area (Å²) >= 11 is 0. The molecule has 0 fully saturated rings. The molecule has 34 heavy (non-hydrogen) atoms. The number of benzene rings is 3. The van der Waals surface area contributed by atoms with E-state index >= 15 is 0 Å². The maximum Gasteiger partial charge on any atom is 0.313 e. The number of rotatable bonds is 9. The summed E-state index contributed by atoms with van der Waals surface area (Å²) in [7, 11) is 0. The van der Waals surface area contributed by atoms with Gasteiger partial charge in [-0.2, -0.15) is 0 Å². The van der Waals surface area contributed by atoms with Crippen molar-refractivity contribution in [2.75, 3.05) is 0 Å². The van der Waals surface area contributed by atoms with E-state index in [0.717, 1.165) is 0 Å². The fraction of sp³-hybridized carbons (Fsp3) is 0.233. The number of esters is 1. The third kappa shape index (κ3) is 6.92. The Balaban J connectivity index is 1.88.